The average Bonchev–Trinajstić information content (AvgIpc) is 3.07. The zero-order chi connectivity index (χ0) is 22.3. The zero-order valence-electron chi connectivity index (χ0n) is 18.5. The van der Waals surface area contributed by atoms with Crippen molar-refractivity contribution < 1.29 is 12.8 Å². The first-order chi connectivity index (χ1) is 14.9. The van der Waals surface area contributed by atoms with Gasteiger partial charge in [0.15, 0.2) is 15.8 Å². The molecule has 2 unspecified atom stereocenters. The fourth-order valence-corrected chi connectivity index (χ4v) is 5.04. The number of benzene rings is 2. The Balaban J connectivity index is 0.00000363. The van der Waals surface area contributed by atoms with E-state index in [-0.39, 0.29) is 47.2 Å². The van der Waals surface area contributed by atoms with E-state index in [0.717, 1.165) is 25.6 Å². The molecule has 0 aromatic heterocycles. The number of nitrogens with zero attached hydrogens (tertiary/aromatic N) is 2. The van der Waals surface area contributed by atoms with Crippen molar-refractivity contribution >= 4 is 39.8 Å². The highest BCUT2D eigenvalue weighted by molar-refractivity contribution is 14.0. The smallest absolute Gasteiger partial charge is 0.191 e. The summed E-state index contributed by atoms with van der Waals surface area (Å²) >= 11 is 0. The Kier molecular flexibility index (Phi) is 10.4. The van der Waals surface area contributed by atoms with Gasteiger partial charge in [0, 0.05) is 31.7 Å². The van der Waals surface area contributed by atoms with Crippen molar-refractivity contribution in [1.82, 2.24) is 15.5 Å². The van der Waals surface area contributed by atoms with Crippen LogP contribution in [0.2, 0.25) is 0 Å². The van der Waals surface area contributed by atoms with Crippen molar-refractivity contribution in [2.75, 3.05) is 25.4 Å². The lowest BCUT2D eigenvalue weighted by Gasteiger charge is -2.21. The Bertz CT molecular complexity index is 989. The summed E-state index contributed by atoms with van der Waals surface area (Å²) in [6.45, 7) is 6.69. The number of likely N-dealkylation sites (tertiary alicyclic amines) is 1. The fourth-order valence-electron chi connectivity index (χ4n) is 3.84. The van der Waals surface area contributed by atoms with E-state index in [0.29, 0.717) is 18.5 Å². The number of hydrogen-bond donors (Lipinski definition) is 2. The molecule has 2 aromatic rings. The van der Waals surface area contributed by atoms with E-state index in [2.05, 4.69) is 51.7 Å². The molecule has 0 aliphatic carbocycles. The normalized spacial score (nSPS) is 19.4. The van der Waals surface area contributed by atoms with E-state index in [1.807, 2.05) is 13.0 Å². The number of aliphatic imine (C=N–C) groups is 1. The Morgan fingerprint density at radius 3 is 2.53 bits per heavy atom. The highest BCUT2D eigenvalue weighted by Crippen LogP contribution is 2.20. The quantitative estimate of drug-likeness (QED) is 0.287. The minimum Gasteiger partial charge on any atom is -0.357 e. The Morgan fingerprint density at radius 1 is 1.16 bits per heavy atom. The van der Waals surface area contributed by atoms with Gasteiger partial charge >= 0.3 is 0 Å². The highest BCUT2D eigenvalue weighted by Gasteiger charge is 2.29. The van der Waals surface area contributed by atoms with Gasteiger partial charge in [0.05, 0.1) is 12.3 Å². The van der Waals surface area contributed by atoms with Gasteiger partial charge in [-0.1, -0.05) is 42.5 Å². The van der Waals surface area contributed by atoms with Crippen molar-refractivity contribution in [2.24, 2.45) is 4.99 Å². The van der Waals surface area contributed by atoms with Gasteiger partial charge in [0.25, 0.3) is 0 Å². The van der Waals surface area contributed by atoms with Gasteiger partial charge in [-0.3, -0.25) is 9.89 Å². The Morgan fingerprint density at radius 2 is 1.84 bits per heavy atom. The molecule has 9 heteroatoms. The molecule has 0 amide bonds. The van der Waals surface area contributed by atoms with Crippen molar-refractivity contribution in [3.63, 3.8) is 0 Å². The molecule has 176 valence electrons. The first kappa shape index (κ1) is 26.5. The molecular weight excluding hydrogens is 542 g/mol. The van der Waals surface area contributed by atoms with E-state index >= 15 is 0 Å². The summed E-state index contributed by atoms with van der Waals surface area (Å²) in [5.41, 5.74) is 1.29. The Hall–Kier alpha value is -1.72. The van der Waals surface area contributed by atoms with Gasteiger partial charge in [0.2, 0.25) is 0 Å². The number of guanidine groups is 1. The predicted molar refractivity (Wildman–Crippen MR) is 138 cm³/mol. The fraction of sp³-hybridized carbons (Fsp3) is 0.435. The van der Waals surface area contributed by atoms with E-state index in [9.17, 15) is 12.8 Å². The van der Waals surface area contributed by atoms with Crippen LogP contribution in [0.1, 0.15) is 25.8 Å². The maximum Gasteiger partial charge on any atom is 0.191 e. The van der Waals surface area contributed by atoms with Crippen LogP contribution in [0.25, 0.3) is 0 Å². The maximum absolute atomic E-state index is 13.8. The standard InChI is InChI=1S/C23H31FN4O2S.HI/c1-3-25-23(26-13-14-31(29,30)22-12-8-7-11-21(22)24)27-20-15-18(2)28(17-20)16-19-9-5-4-6-10-19;/h4-12,18,20H,3,13-17H2,1-2H3,(H2,25,26,27);1H. The minimum absolute atomic E-state index is 0. The number of sulfone groups is 1. The second-order valence-corrected chi connectivity index (χ2v) is 9.93. The molecule has 1 aliphatic rings. The molecule has 1 heterocycles. The minimum atomic E-state index is -3.73. The molecule has 1 aliphatic heterocycles. The molecule has 3 rings (SSSR count). The largest absolute Gasteiger partial charge is 0.357 e. The van der Waals surface area contributed by atoms with Crippen LogP contribution in [0, 0.1) is 5.82 Å². The van der Waals surface area contributed by atoms with Gasteiger partial charge in [-0.05, 0) is 38.0 Å². The summed E-state index contributed by atoms with van der Waals surface area (Å²) in [5.74, 6) is -0.383. The van der Waals surface area contributed by atoms with Crippen molar-refractivity contribution in [3.8, 4) is 0 Å². The van der Waals surface area contributed by atoms with Gasteiger partial charge in [-0.2, -0.15) is 0 Å². The number of rotatable bonds is 8. The van der Waals surface area contributed by atoms with E-state index in [1.54, 1.807) is 0 Å². The zero-order valence-corrected chi connectivity index (χ0v) is 21.6. The van der Waals surface area contributed by atoms with Gasteiger partial charge in [-0.15, -0.1) is 24.0 Å². The third kappa shape index (κ3) is 7.41. The molecular formula is C23H32FIN4O2S. The summed E-state index contributed by atoms with van der Waals surface area (Å²) in [4.78, 5) is 6.58. The lowest BCUT2D eigenvalue weighted by atomic mass is 10.2. The van der Waals surface area contributed by atoms with Gasteiger partial charge in [0.1, 0.15) is 10.7 Å². The summed E-state index contributed by atoms with van der Waals surface area (Å²) in [5, 5.41) is 6.61. The van der Waals surface area contributed by atoms with Crippen molar-refractivity contribution in [1.29, 1.82) is 0 Å². The molecule has 32 heavy (non-hydrogen) atoms. The summed E-state index contributed by atoms with van der Waals surface area (Å²) in [6.07, 6.45) is 0.977. The maximum atomic E-state index is 13.8. The van der Waals surface area contributed by atoms with Crippen LogP contribution in [0.5, 0.6) is 0 Å². The van der Waals surface area contributed by atoms with Crippen LogP contribution >= 0.6 is 24.0 Å². The number of halogens is 2. The molecule has 2 atom stereocenters. The predicted octanol–water partition coefficient (Wildman–Crippen LogP) is 3.44. The van der Waals surface area contributed by atoms with Gasteiger partial charge in [-0.25, -0.2) is 12.8 Å². The number of hydrogen-bond acceptors (Lipinski definition) is 4. The number of nitrogens with one attached hydrogen (secondary N) is 2. The molecule has 0 bridgehead atoms. The molecule has 2 N–H and O–H groups in total. The molecule has 0 saturated carbocycles. The van der Waals surface area contributed by atoms with Crippen LogP contribution < -0.4 is 10.6 Å². The molecule has 1 fully saturated rings. The molecule has 0 radical (unpaired) electrons. The van der Waals surface area contributed by atoms with E-state index in [4.69, 9.17) is 0 Å². The monoisotopic (exact) mass is 574 g/mol. The van der Waals surface area contributed by atoms with Crippen molar-refractivity contribution in [2.45, 2.75) is 43.8 Å². The second-order valence-electron chi connectivity index (χ2n) is 7.85. The van der Waals surface area contributed by atoms with Crippen LogP contribution in [0.15, 0.2) is 64.5 Å². The van der Waals surface area contributed by atoms with E-state index in [1.165, 1.54) is 23.8 Å². The first-order valence-electron chi connectivity index (χ1n) is 10.7. The third-order valence-electron chi connectivity index (χ3n) is 5.42. The first-order valence-corrected chi connectivity index (χ1v) is 12.3. The lowest BCUT2D eigenvalue weighted by Crippen LogP contribution is -2.44. The average molecular weight is 575 g/mol. The van der Waals surface area contributed by atoms with Crippen LogP contribution in [0.3, 0.4) is 0 Å². The van der Waals surface area contributed by atoms with E-state index < -0.39 is 15.7 Å². The van der Waals surface area contributed by atoms with Crippen molar-refractivity contribution in [3.05, 3.63) is 66.0 Å². The SMILES string of the molecule is CCNC(=NCCS(=O)(=O)c1ccccc1F)NC1CC(C)N(Cc2ccccc2)C1.I. The molecule has 1 saturated heterocycles. The third-order valence-corrected chi connectivity index (χ3v) is 7.14. The molecule has 0 spiro atoms. The summed E-state index contributed by atoms with van der Waals surface area (Å²) < 4.78 is 38.7. The van der Waals surface area contributed by atoms with Crippen LogP contribution in [-0.2, 0) is 16.4 Å². The summed E-state index contributed by atoms with van der Waals surface area (Å²) in [7, 11) is -3.73. The Labute approximate surface area is 207 Å². The van der Waals surface area contributed by atoms with Gasteiger partial charge < -0.3 is 10.6 Å². The molecule has 2 aromatic carbocycles. The van der Waals surface area contributed by atoms with Crippen LogP contribution in [-0.4, -0.2) is 56.7 Å². The summed E-state index contributed by atoms with van der Waals surface area (Å²) in [6, 6.07) is 16.5. The lowest BCUT2D eigenvalue weighted by molar-refractivity contribution is 0.258. The highest BCUT2D eigenvalue weighted by atomic mass is 127. The second kappa shape index (κ2) is 12.5. The molecule has 6 nitrogen and oxygen atoms in total. The van der Waals surface area contributed by atoms with Crippen LogP contribution in [0.4, 0.5) is 4.39 Å². The topological polar surface area (TPSA) is 73.8 Å².